The summed E-state index contributed by atoms with van der Waals surface area (Å²) >= 11 is 6.48. The van der Waals surface area contributed by atoms with E-state index in [-0.39, 0.29) is 23.2 Å². The SMILES string of the molecule is CCCN1CCN(C[C@]2(O)CCC[C@H](C)[C@@H](C)S(=O)(=O)NC(=O)c3ccc4c(c3)N(C[C@@H]3CC[C@H]32)C[C@@]2(CCCc3cc(Cl)ccc32)CO4)CC1. The molecule has 2 bridgehead atoms. The quantitative estimate of drug-likeness (QED) is 0.402. The maximum absolute atomic E-state index is 13.6. The van der Waals surface area contributed by atoms with E-state index in [0.717, 1.165) is 94.9 Å². The Bertz CT molecular complexity index is 1700. The van der Waals surface area contributed by atoms with Crippen molar-refractivity contribution in [1.82, 2.24) is 14.5 Å². The van der Waals surface area contributed by atoms with E-state index in [4.69, 9.17) is 16.3 Å². The maximum Gasteiger partial charge on any atom is 0.264 e. The molecule has 2 fully saturated rings. The first-order chi connectivity index (χ1) is 24.4. The Morgan fingerprint density at radius 3 is 2.53 bits per heavy atom. The maximum atomic E-state index is 13.6. The van der Waals surface area contributed by atoms with E-state index in [9.17, 15) is 18.3 Å². The molecule has 0 radical (unpaired) electrons. The molecule has 5 aliphatic rings. The largest absolute Gasteiger partial charge is 0.490 e. The molecule has 1 saturated carbocycles. The molecule has 0 aromatic heterocycles. The topological polar surface area (TPSA) is 102 Å². The number of sulfonamides is 1. The number of nitrogens with one attached hydrogen (secondary N) is 1. The van der Waals surface area contributed by atoms with Crippen LogP contribution in [-0.2, 0) is 21.9 Å². The number of nitrogens with zero attached hydrogens (tertiary/aromatic N) is 3. The smallest absolute Gasteiger partial charge is 0.264 e. The lowest BCUT2D eigenvalue weighted by Gasteiger charge is -2.52. The summed E-state index contributed by atoms with van der Waals surface area (Å²) in [5, 5.41) is 12.8. The van der Waals surface area contributed by atoms with E-state index in [1.54, 1.807) is 13.0 Å². The fourth-order valence-corrected chi connectivity index (χ4v) is 11.3. The molecule has 1 amide bonds. The summed E-state index contributed by atoms with van der Waals surface area (Å²) in [6.45, 7) is 13.5. The van der Waals surface area contributed by atoms with E-state index in [0.29, 0.717) is 43.9 Å². The fraction of sp³-hybridized carbons (Fsp3) is 0.675. The number of aliphatic hydroxyl groups is 1. The van der Waals surface area contributed by atoms with Gasteiger partial charge in [0.15, 0.2) is 0 Å². The number of halogens is 1. The first-order valence-electron chi connectivity index (χ1n) is 19.4. The minimum absolute atomic E-state index is 0.128. The lowest BCUT2D eigenvalue weighted by molar-refractivity contribution is -0.109. The monoisotopic (exact) mass is 740 g/mol. The number of ether oxygens (including phenoxy) is 1. The van der Waals surface area contributed by atoms with Gasteiger partial charge in [-0.15, -0.1) is 0 Å². The van der Waals surface area contributed by atoms with Gasteiger partial charge in [-0.25, -0.2) is 13.1 Å². The van der Waals surface area contributed by atoms with Crippen molar-refractivity contribution in [1.29, 1.82) is 0 Å². The minimum atomic E-state index is -3.94. The molecule has 1 spiro atoms. The van der Waals surface area contributed by atoms with Gasteiger partial charge in [0.25, 0.3) is 5.91 Å². The molecule has 280 valence electrons. The van der Waals surface area contributed by atoms with Crippen molar-refractivity contribution in [2.45, 2.75) is 94.8 Å². The van der Waals surface area contributed by atoms with Gasteiger partial charge in [-0.1, -0.05) is 37.9 Å². The van der Waals surface area contributed by atoms with Crippen LogP contribution in [0.5, 0.6) is 5.75 Å². The molecular formula is C40H57ClN4O5S. The first kappa shape index (κ1) is 37.0. The van der Waals surface area contributed by atoms with Crippen molar-refractivity contribution in [2.24, 2.45) is 17.8 Å². The lowest BCUT2D eigenvalue weighted by Crippen LogP contribution is -2.59. The van der Waals surface area contributed by atoms with Crippen molar-refractivity contribution < 1.29 is 23.1 Å². The number of hydrogen-bond acceptors (Lipinski definition) is 8. The normalized spacial score (nSPS) is 33.3. The van der Waals surface area contributed by atoms with E-state index in [2.05, 4.69) is 38.5 Å². The highest BCUT2D eigenvalue weighted by atomic mass is 35.5. The number of hydrogen-bond donors (Lipinski definition) is 2. The number of benzene rings is 2. The van der Waals surface area contributed by atoms with Crippen molar-refractivity contribution in [3.8, 4) is 5.75 Å². The van der Waals surface area contributed by atoms with Gasteiger partial charge >= 0.3 is 0 Å². The highest BCUT2D eigenvalue weighted by Crippen LogP contribution is 2.49. The van der Waals surface area contributed by atoms with Crippen molar-refractivity contribution >= 4 is 33.2 Å². The van der Waals surface area contributed by atoms with Gasteiger partial charge in [-0.05, 0) is 124 Å². The average Bonchev–Trinajstić information content (AvgIpc) is 3.23. The molecule has 1 saturated heterocycles. The molecule has 0 unspecified atom stereocenters. The van der Waals surface area contributed by atoms with Crippen molar-refractivity contribution in [3.05, 3.63) is 58.1 Å². The molecule has 7 rings (SSSR count). The van der Waals surface area contributed by atoms with Gasteiger partial charge < -0.3 is 19.6 Å². The molecule has 3 aliphatic heterocycles. The average molecular weight is 741 g/mol. The summed E-state index contributed by atoms with van der Waals surface area (Å²) in [7, 11) is -3.94. The second-order valence-electron chi connectivity index (χ2n) is 16.5. The van der Waals surface area contributed by atoms with Crippen molar-refractivity contribution in [2.75, 3.05) is 63.9 Å². The highest BCUT2D eigenvalue weighted by Gasteiger charge is 2.49. The number of carbonyl (C=O) groups excluding carboxylic acids is 1. The van der Waals surface area contributed by atoms with E-state index in [1.165, 1.54) is 11.1 Å². The van der Waals surface area contributed by atoms with E-state index in [1.807, 2.05) is 25.1 Å². The number of carbonyl (C=O) groups is 1. The molecule has 9 nitrogen and oxygen atoms in total. The molecule has 2 aliphatic carbocycles. The third kappa shape index (κ3) is 7.55. The Labute approximate surface area is 310 Å². The number of aryl methyl sites for hydroxylation is 1. The number of anilines is 1. The molecule has 2 aromatic rings. The van der Waals surface area contributed by atoms with Crippen LogP contribution in [0.2, 0.25) is 5.02 Å². The Hall–Kier alpha value is -2.37. The van der Waals surface area contributed by atoms with Crippen LogP contribution >= 0.6 is 11.6 Å². The van der Waals surface area contributed by atoms with Gasteiger partial charge in [0.2, 0.25) is 10.0 Å². The van der Waals surface area contributed by atoms with Gasteiger partial charge in [-0.3, -0.25) is 9.69 Å². The Kier molecular flexibility index (Phi) is 10.7. The Morgan fingerprint density at radius 1 is 1.00 bits per heavy atom. The number of amides is 1. The van der Waals surface area contributed by atoms with E-state index >= 15 is 0 Å². The van der Waals surface area contributed by atoms with Crippen LogP contribution in [-0.4, -0.2) is 99.0 Å². The zero-order valence-corrected chi connectivity index (χ0v) is 32.3. The molecule has 3 heterocycles. The second-order valence-corrected chi connectivity index (χ2v) is 19.0. The molecular weight excluding hydrogens is 684 g/mol. The zero-order chi connectivity index (χ0) is 36.0. The Balaban J connectivity index is 1.25. The van der Waals surface area contributed by atoms with Gasteiger partial charge in [-0.2, -0.15) is 0 Å². The minimum Gasteiger partial charge on any atom is -0.490 e. The summed E-state index contributed by atoms with van der Waals surface area (Å²) in [5.41, 5.74) is 2.50. The van der Waals surface area contributed by atoms with Gasteiger partial charge in [0.05, 0.1) is 23.1 Å². The molecule has 6 atom stereocenters. The molecule has 51 heavy (non-hydrogen) atoms. The summed E-state index contributed by atoms with van der Waals surface area (Å²) in [6.07, 6.45) is 8.16. The van der Waals surface area contributed by atoms with Crippen LogP contribution in [0.15, 0.2) is 36.4 Å². The summed E-state index contributed by atoms with van der Waals surface area (Å²) in [6, 6.07) is 11.6. The van der Waals surface area contributed by atoms with Crippen molar-refractivity contribution in [3.63, 3.8) is 0 Å². The lowest BCUT2D eigenvalue weighted by atomic mass is 9.62. The molecule has 2 N–H and O–H groups in total. The summed E-state index contributed by atoms with van der Waals surface area (Å²) < 4.78 is 36.1. The van der Waals surface area contributed by atoms with Crippen LogP contribution in [0.25, 0.3) is 0 Å². The predicted molar refractivity (Wildman–Crippen MR) is 203 cm³/mol. The number of fused-ring (bicyclic) bond motifs is 4. The molecule has 2 aromatic carbocycles. The van der Waals surface area contributed by atoms with Crippen LogP contribution in [0, 0.1) is 17.8 Å². The second kappa shape index (κ2) is 14.8. The predicted octanol–water partition coefficient (Wildman–Crippen LogP) is 5.87. The van der Waals surface area contributed by atoms with E-state index < -0.39 is 26.8 Å². The fourth-order valence-electron chi connectivity index (χ4n) is 9.84. The van der Waals surface area contributed by atoms with Crippen LogP contribution in [0.4, 0.5) is 5.69 Å². The van der Waals surface area contributed by atoms with Gasteiger partial charge in [0, 0.05) is 61.8 Å². The summed E-state index contributed by atoms with van der Waals surface area (Å²) in [4.78, 5) is 21.0. The summed E-state index contributed by atoms with van der Waals surface area (Å²) in [5.74, 6) is 0.308. The van der Waals surface area contributed by atoms with Gasteiger partial charge in [0.1, 0.15) is 5.75 Å². The van der Waals surface area contributed by atoms with Crippen LogP contribution < -0.4 is 14.4 Å². The Morgan fingerprint density at radius 2 is 1.78 bits per heavy atom. The molecule has 11 heteroatoms. The van der Waals surface area contributed by atoms with Crippen LogP contribution in [0.3, 0.4) is 0 Å². The number of rotatable bonds is 4. The number of piperazine rings is 1. The first-order valence-corrected chi connectivity index (χ1v) is 21.4. The third-order valence-corrected chi connectivity index (χ3v) is 15.3. The standard InChI is InChI=1S/C40H57ClN4O5S/c1-4-17-43-18-20-44(21-19-43)26-40(47)16-5-7-28(2)29(3)51(48,49)42-38(46)31-10-14-37-36(23-31)45(24-32-9-12-35(32)40)25-39(27-50-37)15-6-8-30-22-33(41)11-13-34(30)39/h10-11,13-14,22-23,28-29,32,35,47H,4-9,12,15-21,24-27H2,1-3H3,(H,42,46)/t28-,29+,32-,35+,39-,40+/m0/s1. The highest BCUT2D eigenvalue weighted by molar-refractivity contribution is 7.90. The number of β-amino-alcohol motifs (C(OH)–C–C–N with tert-alkyl or cyclic N) is 1. The van der Waals surface area contributed by atoms with Crippen LogP contribution in [0.1, 0.15) is 93.6 Å². The zero-order valence-electron chi connectivity index (χ0n) is 30.7. The third-order valence-electron chi connectivity index (χ3n) is 13.2.